The van der Waals surface area contributed by atoms with Gasteiger partial charge in [-0.25, -0.2) is 28.2 Å². The quantitative estimate of drug-likeness (QED) is 0.581. The van der Waals surface area contributed by atoms with E-state index < -0.39 is 27.7 Å². The van der Waals surface area contributed by atoms with Crippen LogP contribution >= 0.6 is 0 Å². The lowest BCUT2D eigenvalue weighted by Gasteiger charge is -2.07. The van der Waals surface area contributed by atoms with Gasteiger partial charge in [0.1, 0.15) is 11.4 Å². The molecule has 3 heterocycles. The molecule has 3 rings (SSSR count). The first-order valence-corrected chi connectivity index (χ1v) is 9.85. The van der Waals surface area contributed by atoms with Crippen LogP contribution in [-0.4, -0.2) is 51.3 Å². The number of sulfone groups is 1. The molecule has 0 aliphatic carbocycles. The molecule has 156 valence electrons. The van der Waals surface area contributed by atoms with Crippen LogP contribution in [0.5, 0.6) is 0 Å². The lowest BCUT2D eigenvalue weighted by molar-refractivity contribution is -0.141. The summed E-state index contributed by atoms with van der Waals surface area (Å²) < 4.78 is 71.2. The smallest absolute Gasteiger partial charge is 0.433 e. The van der Waals surface area contributed by atoms with Crippen LogP contribution in [0.4, 0.5) is 13.2 Å². The SMILES string of the molecule is CCS(=O)(=O)c1c(-c2nc3cc(C(F)(F)F)ncc3n2C)nc(C(=O)OC)n1C. The number of carbonyl (C=O) groups is 1. The second-order valence-electron chi connectivity index (χ2n) is 6.09. The number of ether oxygens (including phenoxy) is 1. The van der Waals surface area contributed by atoms with Crippen LogP contribution in [0.15, 0.2) is 17.3 Å². The Kier molecular flexibility index (Phi) is 4.89. The van der Waals surface area contributed by atoms with E-state index in [4.69, 9.17) is 0 Å². The molecule has 29 heavy (non-hydrogen) atoms. The van der Waals surface area contributed by atoms with Crippen molar-refractivity contribution in [2.75, 3.05) is 12.9 Å². The summed E-state index contributed by atoms with van der Waals surface area (Å²) in [5.74, 6) is -1.47. The Balaban J connectivity index is 2.34. The van der Waals surface area contributed by atoms with E-state index in [2.05, 4.69) is 19.7 Å². The van der Waals surface area contributed by atoms with Gasteiger partial charge in [0.05, 0.1) is 30.1 Å². The Morgan fingerprint density at radius 2 is 1.86 bits per heavy atom. The van der Waals surface area contributed by atoms with Crippen LogP contribution in [0.25, 0.3) is 22.6 Å². The first-order chi connectivity index (χ1) is 13.4. The number of aryl methyl sites for hydroxylation is 1. The first kappa shape index (κ1) is 20.8. The van der Waals surface area contributed by atoms with Gasteiger partial charge in [0.2, 0.25) is 5.82 Å². The Morgan fingerprint density at radius 1 is 1.21 bits per heavy atom. The third-order valence-corrected chi connectivity index (χ3v) is 6.17. The maximum absolute atomic E-state index is 13.0. The van der Waals surface area contributed by atoms with E-state index in [0.29, 0.717) is 0 Å². The topological polar surface area (TPSA) is 109 Å². The molecular formula is C16H16F3N5O4S. The number of alkyl halides is 3. The third kappa shape index (κ3) is 3.34. The largest absolute Gasteiger partial charge is 0.463 e. The van der Waals surface area contributed by atoms with E-state index in [9.17, 15) is 26.4 Å². The highest BCUT2D eigenvalue weighted by Crippen LogP contribution is 2.33. The zero-order valence-electron chi connectivity index (χ0n) is 15.8. The zero-order valence-corrected chi connectivity index (χ0v) is 16.6. The van der Waals surface area contributed by atoms with Crippen molar-refractivity contribution in [3.8, 4) is 11.5 Å². The highest BCUT2D eigenvalue weighted by atomic mass is 32.2. The summed E-state index contributed by atoms with van der Waals surface area (Å²) in [4.78, 5) is 23.6. The van der Waals surface area contributed by atoms with Crippen LogP contribution in [0.1, 0.15) is 23.2 Å². The number of nitrogens with zero attached hydrogens (tertiary/aromatic N) is 5. The van der Waals surface area contributed by atoms with Gasteiger partial charge in [0.25, 0.3) is 0 Å². The summed E-state index contributed by atoms with van der Waals surface area (Å²) in [7, 11) is 0.0559. The first-order valence-electron chi connectivity index (χ1n) is 8.20. The fourth-order valence-electron chi connectivity index (χ4n) is 2.85. The predicted molar refractivity (Wildman–Crippen MR) is 94.8 cm³/mol. The number of halogens is 3. The number of esters is 1. The van der Waals surface area contributed by atoms with E-state index in [1.807, 2.05) is 0 Å². The summed E-state index contributed by atoms with van der Waals surface area (Å²) in [5, 5.41) is -0.289. The van der Waals surface area contributed by atoms with Crippen molar-refractivity contribution in [2.24, 2.45) is 14.1 Å². The lowest BCUT2D eigenvalue weighted by Crippen LogP contribution is -2.14. The molecule has 0 N–H and O–H groups in total. The van der Waals surface area contributed by atoms with Gasteiger partial charge >= 0.3 is 12.1 Å². The van der Waals surface area contributed by atoms with Crippen molar-refractivity contribution >= 4 is 26.8 Å². The van der Waals surface area contributed by atoms with Gasteiger partial charge in [0, 0.05) is 14.1 Å². The normalized spacial score (nSPS) is 12.5. The number of hydrogen-bond acceptors (Lipinski definition) is 7. The fourth-order valence-corrected chi connectivity index (χ4v) is 4.06. The molecule has 0 aliphatic heterocycles. The van der Waals surface area contributed by atoms with Crippen LogP contribution < -0.4 is 0 Å². The maximum Gasteiger partial charge on any atom is 0.433 e. The predicted octanol–water partition coefficient (Wildman–Crippen LogP) is 1.97. The minimum Gasteiger partial charge on any atom is -0.463 e. The van der Waals surface area contributed by atoms with E-state index in [0.717, 1.165) is 23.9 Å². The average molecular weight is 431 g/mol. The summed E-state index contributed by atoms with van der Waals surface area (Å²) in [6.07, 6.45) is -3.67. The molecule has 3 aromatic heterocycles. The van der Waals surface area contributed by atoms with Gasteiger partial charge in [-0.05, 0) is 6.07 Å². The van der Waals surface area contributed by atoms with Crippen LogP contribution in [0.2, 0.25) is 0 Å². The van der Waals surface area contributed by atoms with Crippen molar-refractivity contribution in [1.29, 1.82) is 0 Å². The number of hydrogen-bond donors (Lipinski definition) is 0. The summed E-state index contributed by atoms with van der Waals surface area (Å²) in [6.45, 7) is 1.42. The number of rotatable bonds is 4. The van der Waals surface area contributed by atoms with Gasteiger partial charge in [-0.2, -0.15) is 13.2 Å². The highest BCUT2D eigenvalue weighted by molar-refractivity contribution is 7.91. The number of aromatic nitrogens is 5. The van der Waals surface area contributed by atoms with Gasteiger partial charge in [0.15, 0.2) is 20.7 Å². The maximum atomic E-state index is 13.0. The molecule has 13 heteroatoms. The van der Waals surface area contributed by atoms with Crippen LogP contribution in [0, 0.1) is 0 Å². The number of carbonyl (C=O) groups excluding carboxylic acids is 1. The summed E-state index contributed by atoms with van der Waals surface area (Å²) in [5.41, 5.74) is -1.11. The number of fused-ring (bicyclic) bond motifs is 1. The van der Waals surface area contributed by atoms with Crippen LogP contribution in [-0.2, 0) is 34.8 Å². The van der Waals surface area contributed by atoms with Gasteiger partial charge < -0.3 is 13.9 Å². The van der Waals surface area contributed by atoms with Gasteiger partial charge in [-0.1, -0.05) is 6.92 Å². The summed E-state index contributed by atoms with van der Waals surface area (Å²) in [6, 6.07) is 0.761. The molecule has 3 aromatic rings. The Morgan fingerprint density at radius 3 is 2.41 bits per heavy atom. The molecule has 0 aliphatic rings. The minimum absolute atomic E-state index is 0.0288. The number of imidazole rings is 2. The highest BCUT2D eigenvalue weighted by Gasteiger charge is 2.34. The molecule has 0 aromatic carbocycles. The van der Waals surface area contributed by atoms with Gasteiger partial charge in [-0.15, -0.1) is 0 Å². The van der Waals surface area contributed by atoms with Crippen molar-refractivity contribution in [3.63, 3.8) is 0 Å². The molecule has 0 radical (unpaired) electrons. The Labute approximate surface area is 163 Å². The Hall–Kier alpha value is -2.96. The van der Waals surface area contributed by atoms with Crippen LogP contribution in [0.3, 0.4) is 0 Å². The molecular weight excluding hydrogens is 415 g/mol. The monoisotopic (exact) mass is 431 g/mol. The fraction of sp³-hybridized carbons (Fsp3) is 0.375. The second kappa shape index (κ2) is 6.83. The summed E-state index contributed by atoms with van der Waals surface area (Å²) >= 11 is 0. The Bertz CT molecular complexity index is 1230. The molecule has 0 saturated heterocycles. The van der Waals surface area contributed by atoms with Crippen molar-refractivity contribution in [1.82, 2.24) is 24.1 Å². The molecule has 0 amide bonds. The zero-order chi connectivity index (χ0) is 21.7. The van der Waals surface area contributed by atoms with Gasteiger partial charge in [-0.3, -0.25) is 0 Å². The average Bonchev–Trinajstić information content (AvgIpc) is 3.17. The molecule has 0 unspecified atom stereocenters. The molecule has 0 spiro atoms. The number of methoxy groups -OCH3 is 1. The standard InChI is InChI=1S/C16H16F3N5O4S/c1-5-29(26,27)14-11(22-13(24(14)3)15(25)28-4)12-21-8-6-10(16(17,18)19)20-7-9(8)23(12)2/h6-7H,5H2,1-4H3. The van der Waals surface area contributed by atoms with Crippen molar-refractivity contribution in [3.05, 3.63) is 23.8 Å². The third-order valence-electron chi connectivity index (χ3n) is 4.35. The van der Waals surface area contributed by atoms with E-state index in [-0.39, 0.29) is 39.2 Å². The van der Waals surface area contributed by atoms with Crippen molar-refractivity contribution in [2.45, 2.75) is 18.1 Å². The van der Waals surface area contributed by atoms with E-state index in [1.54, 1.807) is 0 Å². The van der Waals surface area contributed by atoms with E-state index in [1.165, 1.54) is 25.6 Å². The molecule has 0 fully saturated rings. The van der Waals surface area contributed by atoms with Crippen molar-refractivity contribution < 1.29 is 31.1 Å². The molecule has 9 nitrogen and oxygen atoms in total. The molecule has 0 atom stereocenters. The molecule has 0 saturated carbocycles. The number of pyridine rings is 1. The molecule has 0 bridgehead atoms. The second-order valence-corrected chi connectivity index (χ2v) is 8.29. The minimum atomic E-state index is -4.66. The van der Waals surface area contributed by atoms with E-state index >= 15 is 0 Å². The lowest BCUT2D eigenvalue weighted by atomic mass is 10.3.